The third kappa shape index (κ3) is 2.37. The number of allylic oxidation sites excluding steroid dienone is 4. The lowest BCUT2D eigenvalue weighted by Crippen LogP contribution is -2.54. The Balaban J connectivity index is 1.80. The van der Waals surface area contributed by atoms with Crippen molar-refractivity contribution in [3.05, 3.63) is 84.5 Å². The molecule has 0 saturated carbocycles. The smallest absolute Gasteiger partial charge is 0.311 e. The molecule has 3 nitrogen and oxygen atoms in total. The third-order valence-electron chi connectivity index (χ3n) is 6.97. The molecule has 3 aromatic carbocycles. The minimum absolute atomic E-state index is 0.0458. The Labute approximate surface area is 169 Å². The molecule has 5 rings (SSSR count). The van der Waals surface area contributed by atoms with Gasteiger partial charge in [-0.25, -0.2) is 0 Å². The van der Waals surface area contributed by atoms with E-state index in [2.05, 4.69) is 6.07 Å². The Kier molecular flexibility index (Phi) is 3.95. The molecule has 0 saturated heterocycles. The fraction of sp³-hybridized carbons (Fsp3) is 0.231. The van der Waals surface area contributed by atoms with Gasteiger partial charge in [0.15, 0.2) is 5.78 Å². The highest BCUT2D eigenvalue weighted by molar-refractivity contribution is 6.19. The summed E-state index contributed by atoms with van der Waals surface area (Å²) in [5, 5.41) is 14.3. The van der Waals surface area contributed by atoms with Crippen molar-refractivity contribution >= 4 is 33.3 Å². The van der Waals surface area contributed by atoms with Gasteiger partial charge in [0.05, 0.1) is 10.8 Å². The highest BCUT2D eigenvalue weighted by Gasteiger charge is 2.60. The first kappa shape index (κ1) is 17.9. The van der Waals surface area contributed by atoms with Crippen molar-refractivity contribution in [2.45, 2.75) is 25.7 Å². The van der Waals surface area contributed by atoms with Crippen molar-refractivity contribution in [2.24, 2.45) is 10.8 Å². The van der Waals surface area contributed by atoms with E-state index in [-0.39, 0.29) is 5.78 Å². The molecule has 1 N–H and O–H groups in total. The zero-order valence-electron chi connectivity index (χ0n) is 16.1. The molecule has 0 unspecified atom stereocenters. The van der Waals surface area contributed by atoms with Gasteiger partial charge in [-0.3, -0.25) is 9.59 Å². The number of carboxylic acid groups (broad SMARTS) is 1. The van der Waals surface area contributed by atoms with Gasteiger partial charge in [-0.2, -0.15) is 0 Å². The van der Waals surface area contributed by atoms with E-state index in [0.29, 0.717) is 31.2 Å². The van der Waals surface area contributed by atoms with E-state index in [1.165, 1.54) is 0 Å². The summed E-state index contributed by atoms with van der Waals surface area (Å²) in [5.41, 5.74) is -1.40. The number of aliphatic carboxylic acids is 1. The van der Waals surface area contributed by atoms with Gasteiger partial charge < -0.3 is 5.11 Å². The minimum atomic E-state index is -1.08. The van der Waals surface area contributed by atoms with Crippen LogP contribution in [0.3, 0.4) is 0 Å². The van der Waals surface area contributed by atoms with Gasteiger partial charge in [0.25, 0.3) is 0 Å². The number of carbonyl (C=O) groups excluding carboxylic acids is 1. The third-order valence-corrected chi connectivity index (χ3v) is 6.97. The number of ketones is 1. The normalized spacial score (nSPS) is 25.8. The number of Topliss-reactive ketones (excluding diaryl/α,β-unsaturated/α-hetero) is 1. The van der Waals surface area contributed by atoms with Crippen LogP contribution in [0.15, 0.2) is 78.9 Å². The minimum Gasteiger partial charge on any atom is -0.481 e. The van der Waals surface area contributed by atoms with Crippen LogP contribution in [0, 0.1) is 10.8 Å². The topological polar surface area (TPSA) is 54.4 Å². The van der Waals surface area contributed by atoms with Crippen molar-refractivity contribution < 1.29 is 14.7 Å². The van der Waals surface area contributed by atoms with Crippen molar-refractivity contribution in [3.63, 3.8) is 0 Å². The predicted octanol–water partition coefficient (Wildman–Crippen LogP) is 5.93. The molecule has 29 heavy (non-hydrogen) atoms. The molecule has 0 aliphatic heterocycles. The Morgan fingerprint density at radius 2 is 1.21 bits per heavy atom. The maximum atomic E-state index is 14.2. The molecule has 2 aliphatic rings. The van der Waals surface area contributed by atoms with Crippen LogP contribution in [-0.4, -0.2) is 16.9 Å². The van der Waals surface area contributed by atoms with E-state index >= 15 is 0 Å². The second kappa shape index (κ2) is 6.41. The molecular formula is C26H22O3. The van der Waals surface area contributed by atoms with E-state index in [1.54, 1.807) is 0 Å². The summed E-state index contributed by atoms with van der Waals surface area (Å²) < 4.78 is 0. The zero-order valence-corrected chi connectivity index (χ0v) is 16.1. The molecule has 3 aromatic rings. The Bertz CT molecular complexity index is 1200. The molecule has 0 spiro atoms. The molecule has 0 fully saturated rings. The SMILES string of the molecule is O=C(O)C12CC=CCC1(C(=O)c1cc3ccccc3c3ccccc13)CC=CC2. The molecule has 0 aromatic heterocycles. The number of carboxylic acids is 1. The summed E-state index contributed by atoms with van der Waals surface area (Å²) >= 11 is 0. The summed E-state index contributed by atoms with van der Waals surface area (Å²) in [5.74, 6) is -0.916. The first-order chi connectivity index (χ1) is 14.1. The van der Waals surface area contributed by atoms with Gasteiger partial charge in [-0.05, 0) is 53.3 Å². The summed E-state index contributed by atoms with van der Waals surface area (Å²) in [6.45, 7) is 0. The number of hydrogen-bond acceptors (Lipinski definition) is 2. The summed E-state index contributed by atoms with van der Waals surface area (Å²) in [6, 6.07) is 18.0. The van der Waals surface area contributed by atoms with Crippen LogP contribution >= 0.6 is 0 Å². The molecule has 0 amide bonds. The standard InChI is InChI=1S/C26H22O3/c27-23(25-13-5-7-15-26(25,24(28)29)16-8-6-14-25)22-17-18-9-1-2-10-19(18)20-11-3-4-12-21(20)22/h1-12,17H,13-16H2,(H,28,29). The first-order valence-electron chi connectivity index (χ1n) is 10.1. The molecule has 3 heteroatoms. The van der Waals surface area contributed by atoms with Crippen LogP contribution in [-0.2, 0) is 4.79 Å². The Morgan fingerprint density at radius 1 is 0.690 bits per heavy atom. The number of benzene rings is 3. The van der Waals surface area contributed by atoms with Crippen LogP contribution < -0.4 is 0 Å². The van der Waals surface area contributed by atoms with Gasteiger partial charge in [-0.15, -0.1) is 0 Å². The summed E-state index contributed by atoms with van der Waals surface area (Å²) in [6.07, 6.45) is 9.54. The Morgan fingerprint density at radius 3 is 1.83 bits per heavy atom. The van der Waals surface area contributed by atoms with E-state index < -0.39 is 16.8 Å². The summed E-state index contributed by atoms with van der Waals surface area (Å²) in [7, 11) is 0. The second-order valence-electron chi connectivity index (χ2n) is 8.25. The van der Waals surface area contributed by atoms with E-state index in [0.717, 1.165) is 21.5 Å². The quantitative estimate of drug-likeness (QED) is 0.347. The van der Waals surface area contributed by atoms with Gasteiger partial charge in [-0.1, -0.05) is 72.8 Å². The lowest BCUT2D eigenvalue weighted by atomic mass is 9.50. The number of fused-ring (bicyclic) bond motifs is 4. The van der Waals surface area contributed by atoms with Gasteiger partial charge in [0, 0.05) is 5.56 Å². The highest BCUT2D eigenvalue weighted by Crippen LogP contribution is 2.57. The molecule has 144 valence electrons. The molecule has 0 atom stereocenters. The summed E-state index contributed by atoms with van der Waals surface area (Å²) in [4.78, 5) is 26.7. The van der Waals surface area contributed by atoms with Crippen LogP contribution in [0.2, 0.25) is 0 Å². The maximum absolute atomic E-state index is 14.2. The zero-order chi connectivity index (χ0) is 20.1. The van der Waals surface area contributed by atoms with E-state index in [4.69, 9.17) is 0 Å². The van der Waals surface area contributed by atoms with Crippen LogP contribution in [0.5, 0.6) is 0 Å². The van der Waals surface area contributed by atoms with Gasteiger partial charge in [0.2, 0.25) is 0 Å². The Hall–Kier alpha value is -3.20. The van der Waals surface area contributed by atoms with Crippen LogP contribution in [0.4, 0.5) is 0 Å². The molecule has 0 bridgehead atoms. The first-order valence-corrected chi connectivity index (χ1v) is 10.1. The second-order valence-corrected chi connectivity index (χ2v) is 8.25. The molecular weight excluding hydrogens is 360 g/mol. The fourth-order valence-corrected chi connectivity index (χ4v) is 5.37. The lowest BCUT2D eigenvalue weighted by Gasteiger charge is -2.49. The highest BCUT2D eigenvalue weighted by atomic mass is 16.4. The van der Waals surface area contributed by atoms with Gasteiger partial charge >= 0.3 is 5.97 Å². The average Bonchev–Trinajstić information content (AvgIpc) is 2.77. The van der Waals surface area contributed by atoms with Crippen LogP contribution in [0.1, 0.15) is 36.0 Å². The average molecular weight is 382 g/mol. The molecule has 0 heterocycles. The number of carbonyl (C=O) groups is 2. The maximum Gasteiger partial charge on any atom is 0.311 e. The van der Waals surface area contributed by atoms with Crippen molar-refractivity contribution in [1.82, 2.24) is 0 Å². The largest absolute Gasteiger partial charge is 0.481 e. The van der Waals surface area contributed by atoms with Crippen LogP contribution in [0.25, 0.3) is 21.5 Å². The molecule has 0 radical (unpaired) electrons. The lowest BCUT2D eigenvalue weighted by molar-refractivity contribution is -0.157. The van der Waals surface area contributed by atoms with E-state index in [1.807, 2.05) is 72.8 Å². The number of hydrogen-bond donors (Lipinski definition) is 1. The predicted molar refractivity (Wildman–Crippen MR) is 115 cm³/mol. The van der Waals surface area contributed by atoms with Crippen molar-refractivity contribution in [1.29, 1.82) is 0 Å². The van der Waals surface area contributed by atoms with Gasteiger partial charge in [0.1, 0.15) is 0 Å². The van der Waals surface area contributed by atoms with Crippen molar-refractivity contribution in [2.75, 3.05) is 0 Å². The number of rotatable bonds is 3. The van der Waals surface area contributed by atoms with E-state index in [9.17, 15) is 14.7 Å². The fourth-order valence-electron chi connectivity index (χ4n) is 5.37. The van der Waals surface area contributed by atoms with Crippen molar-refractivity contribution in [3.8, 4) is 0 Å². The monoisotopic (exact) mass is 382 g/mol. The molecule has 2 aliphatic carbocycles.